The summed E-state index contributed by atoms with van der Waals surface area (Å²) in [5.41, 5.74) is 1.60. The van der Waals surface area contributed by atoms with Gasteiger partial charge in [-0.1, -0.05) is 6.07 Å². The molecule has 0 bridgehead atoms. The zero-order valence-corrected chi connectivity index (χ0v) is 19.2. The molecule has 0 spiro atoms. The minimum absolute atomic E-state index is 0.338. The quantitative estimate of drug-likeness (QED) is 0.368. The molecule has 34 heavy (non-hydrogen) atoms. The zero-order valence-electron chi connectivity index (χ0n) is 18.4. The van der Waals surface area contributed by atoms with Crippen molar-refractivity contribution in [1.82, 2.24) is 35.2 Å². The van der Waals surface area contributed by atoms with Crippen LogP contribution in [0.4, 0.5) is 11.6 Å². The van der Waals surface area contributed by atoms with Gasteiger partial charge < -0.3 is 15.4 Å². The van der Waals surface area contributed by atoms with Crippen molar-refractivity contribution in [3.63, 3.8) is 0 Å². The van der Waals surface area contributed by atoms with Gasteiger partial charge in [0, 0.05) is 37.1 Å². The number of ether oxygens (including phenoxy) is 1. The second-order valence-corrected chi connectivity index (χ2v) is 8.95. The average molecular weight is 475 g/mol. The van der Waals surface area contributed by atoms with Crippen LogP contribution in [0, 0.1) is 12.8 Å². The maximum Gasteiger partial charge on any atom is 0.349 e. The lowest BCUT2D eigenvalue weighted by molar-refractivity contribution is 0.0403. The number of esters is 1. The van der Waals surface area contributed by atoms with E-state index in [1.807, 2.05) is 25.1 Å². The number of hydrogen-bond donors (Lipinski definition) is 2. The molecule has 4 aromatic heterocycles. The van der Waals surface area contributed by atoms with E-state index >= 15 is 0 Å². The number of nitrogens with one attached hydrogen (secondary N) is 2. The highest BCUT2D eigenvalue weighted by molar-refractivity contribution is 7.13. The molecule has 0 radical (unpaired) electrons. The molecule has 0 amide bonds. The highest BCUT2D eigenvalue weighted by atomic mass is 32.1. The van der Waals surface area contributed by atoms with Crippen molar-refractivity contribution in [2.45, 2.75) is 13.3 Å². The number of rotatable bonds is 8. The number of pyridine rings is 1. The van der Waals surface area contributed by atoms with Crippen LogP contribution in [0.2, 0.25) is 0 Å². The molecule has 1 aliphatic heterocycles. The summed E-state index contributed by atoms with van der Waals surface area (Å²) < 4.78 is 5.36. The monoisotopic (exact) mass is 474 g/mol. The van der Waals surface area contributed by atoms with Crippen molar-refractivity contribution < 1.29 is 9.53 Å². The molecule has 172 valence electrons. The molecule has 10 nitrogen and oxygen atoms in total. The molecule has 0 saturated carbocycles. The van der Waals surface area contributed by atoms with Crippen molar-refractivity contribution in [2.24, 2.45) is 5.92 Å². The number of nitrogens with zero attached hydrogens (tertiary/aromatic N) is 6. The molecule has 11 heteroatoms. The first-order chi connectivity index (χ1) is 16.6. The molecule has 1 fully saturated rings. The van der Waals surface area contributed by atoms with Crippen molar-refractivity contribution in [1.29, 1.82) is 0 Å². The van der Waals surface area contributed by atoms with Gasteiger partial charge in [0.2, 0.25) is 0 Å². The second kappa shape index (κ2) is 9.98. The van der Waals surface area contributed by atoms with E-state index in [0.29, 0.717) is 52.8 Å². The third-order valence-electron chi connectivity index (χ3n) is 5.11. The van der Waals surface area contributed by atoms with Crippen LogP contribution in [-0.2, 0) is 11.2 Å². The van der Waals surface area contributed by atoms with Crippen LogP contribution >= 0.6 is 11.3 Å². The predicted octanol–water partition coefficient (Wildman–Crippen LogP) is 2.80. The van der Waals surface area contributed by atoms with Crippen LogP contribution in [0.25, 0.3) is 11.5 Å². The van der Waals surface area contributed by atoms with E-state index in [1.54, 1.807) is 30.7 Å². The second-order valence-electron chi connectivity index (χ2n) is 7.83. The summed E-state index contributed by atoms with van der Waals surface area (Å²) in [5.74, 6) is 2.36. The number of anilines is 2. The molecule has 5 rings (SSSR count). The molecule has 0 unspecified atom stereocenters. The minimum atomic E-state index is -0.338. The summed E-state index contributed by atoms with van der Waals surface area (Å²) >= 11 is 1.29. The average Bonchev–Trinajstić information content (AvgIpc) is 3.27. The molecule has 2 N–H and O–H groups in total. The van der Waals surface area contributed by atoms with Gasteiger partial charge in [-0.05, 0) is 31.2 Å². The first-order valence-corrected chi connectivity index (χ1v) is 11.6. The molecular weight excluding hydrogens is 452 g/mol. The number of hydrogen-bond acceptors (Lipinski definition) is 11. The maximum atomic E-state index is 12.2. The summed E-state index contributed by atoms with van der Waals surface area (Å²) in [6.07, 6.45) is 5.30. The van der Waals surface area contributed by atoms with Crippen molar-refractivity contribution in [3.8, 4) is 11.5 Å². The Bertz CT molecular complexity index is 1310. The Balaban J connectivity index is 1.23. The van der Waals surface area contributed by atoms with Gasteiger partial charge in [0.15, 0.2) is 5.82 Å². The summed E-state index contributed by atoms with van der Waals surface area (Å²) in [6.45, 7) is 4.14. The van der Waals surface area contributed by atoms with E-state index in [9.17, 15) is 4.79 Å². The van der Waals surface area contributed by atoms with Crippen LogP contribution < -0.4 is 10.6 Å². The molecule has 0 aromatic carbocycles. The minimum Gasteiger partial charge on any atom is -0.461 e. The fraction of sp³-hybridized carbons (Fsp3) is 0.261. The van der Waals surface area contributed by atoms with Crippen molar-refractivity contribution in [3.05, 3.63) is 70.3 Å². The van der Waals surface area contributed by atoms with Gasteiger partial charge in [-0.25, -0.2) is 34.7 Å². The SMILES string of the molecule is Cc1cccc(-c2nccc(Nc3ccnc(Cc4ncc(C(=O)OCC5CNC5)s4)n3)n2)n1. The van der Waals surface area contributed by atoms with Crippen LogP contribution in [-0.4, -0.2) is 55.6 Å². The Labute approximate surface area is 199 Å². The third-order valence-corrected chi connectivity index (χ3v) is 6.09. The van der Waals surface area contributed by atoms with E-state index in [0.717, 1.165) is 23.8 Å². The van der Waals surface area contributed by atoms with Gasteiger partial charge in [-0.2, -0.15) is 0 Å². The van der Waals surface area contributed by atoms with Crippen LogP contribution in [0.5, 0.6) is 0 Å². The lowest BCUT2D eigenvalue weighted by atomic mass is 10.1. The molecular formula is C23H22N8O2S. The van der Waals surface area contributed by atoms with Gasteiger partial charge in [-0.15, -0.1) is 11.3 Å². The number of aromatic nitrogens is 6. The molecule has 4 aromatic rings. The Morgan fingerprint density at radius 3 is 2.71 bits per heavy atom. The summed E-state index contributed by atoms with van der Waals surface area (Å²) in [6, 6.07) is 9.25. The predicted molar refractivity (Wildman–Crippen MR) is 127 cm³/mol. The first kappa shape index (κ1) is 22.0. The van der Waals surface area contributed by atoms with Crippen molar-refractivity contribution >= 4 is 28.9 Å². The molecule has 0 atom stereocenters. The van der Waals surface area contributed by atoms with E-state index in [4.69, 9.17) is 4.74 Å². The lowest BCUT2D eigenvalue weighted by Crippen LogP contribution is -2.44. The number of carbonyl (C=O) groups is 1. The van der Waals surface area contributed by atoms with Gasteiger partial charge in [-0.3, -0.25) is 0 Å². The summed E-state index contributed by atoms with van der Waals surface area (Å²) in [7, 11) is 0. The van der Waals surface area contributed by atoms with E-state index in [2.05, 4.69) is 40.5 Å². The Kier molecular flexibility index (Phi) is 6.45. The first-order valence-electron chi connectivity index (χ1n) is 10.8. The maximum absolute atomic E-state index is 12.2. The van der Waals surface area contributed by atoms with E-state index in [1.165, 1.54) is 11.3 Å². The summed E-state index contributed by atoms with van der Waals surface area (Å²) in [4.78, 5) is 39.3. The van der Waals surface area contributed by atoms with Crippen LogP contribution in [0.1, 0.15) is 26.2 Å². The highest BCUT2D eigenvalue weighted by Gasteiger charge is 2.20. The Hall–Kier alpha value is -3.83. The van der Waals surface area contributed by atoms with Gasteiger partial charge in [0.05, 0.1) is 19.2 Å². The third kappa shape index (κ3) is 5.38. The number of thiazole rings is 1. The Morgan fingerprint density at radius 2 is 1.91 bits per heavy atom. The molecule has 0 aliphatic carbocycles. The van der Waals surface area contributed by atoms with E-state index < -0.39 is 0 Å². The van der Waals surface area contributed by atoms with Gasteiger partial charge >= 0.3 is 5.97 Å². The highest BCUT2D eigenvalue weighted by Crippen LogP contribution is 2.20. The van der Waals surface area contributed by atoms with Crippen LogP contribution in [0.3, 0.4) is 0 Å². The topological polar surface area (TPSA) is 128 Å². The van der Waals surface area contributed by atoms with Crippen LogP contribution in [0.15, 0.2) is 48.9 Å². The molecule has 1 aliphatic rings. The van der Waals surface area contributed by atoms with Gasteiger partial charge in [0.25, 0.3) is 0 Å². The standard InChI is InChI=1S/C23H22N8O2S/c1-14-3-2-4-16(28-14)22-26-8-6-19(31-22)29-18-5-7-25-20(30-18)9-21-27-12-17(34-21)23(32)33-13-15-10-24-11-15/h2-8,12,15,24H,9-11,13H2,1H3,(H,25,26,29,30,31). The van der Waals surface area contributed by atoms with Gasteiger partial charge in [0.1, 0.15) is 33.0 Å². The zero-order chi connectivity index (χ0) is 23.3. The summed E-state index contributed by atoms with van der Waals surface area (Å²) in [5, 5.41) is 7.09. The molecule has 1 saturated heterocycles. The van der Waals surface area contributed by atoms with E-state index in [-0.39, 0.29) is 5.97 Å². The largest absolute Gasteiger partial charge is 0.461 e. The fourth-order valence-corrected chi connectivity index (χ4v) is 4.07. The Morgan fingerprint density at radius 1 is 1.09 bits per heavy atom. The number of aryl methyl sites for hydroxylation is 1. The lowest BCUT2D eigenvalue weighted by Gasteiger charge is -2.26. The normalized spacial score (nSPS) is 13.3. The molecule has 5 heterocycles. The number of carbonyl (C=O) groups excluding carboxylic acids is 1. The fourth-order valence-electron chi connectivity index (χ4n) is 3.26. The smallest absolute Gasteiger partial charge is 0.349 e. The van der Waals surface area contributed by atoms with Crippen molar-refractivity contribution in [2.75, 3.05) is 25.0 Å².